The first-order valence-electron chi connectivity index (χ1n) is 7.79. The molecule has 6 nitrogen and oxygen atoms in total. The predicted octanol–water partition coefficient (Wildman–Crippen LogP) is 0.471. The molecule has 0 amide bonds. The molecule has 1 fully saturated rings. The van der Waals surface area contributed by atoms with E-state index in [9.17, 15) is 15.0 Å². The fraction of sp³-hybridized carbons (Fsp3) is 0.812. The van der Waals surface area contributed by atoms with E-state index < -0.39 is 23.3 Å². The second-order valence-electron chi connectivity index (χ2n) is 6.71. The van der Waals surface area contributed by atoms with Crippen molar-refractivity contribution in [2.45, 2.75) is 57.0 Å². The van der Waals surface area contributed by atoms with Crippen molar-refractivity contribution in [3.63, 3.8) is 0 Å². The van der Waals surface area contributed by atoms with E-state index in [0.717, 1.165) is 31.5 Å². The lowest BCUT2D eigenvalue weighted by molar-refractivity contribution is -0.216. The number of ether oxygens (including phenoxy) is 2. The molecule has 0 spiro atoms. The molecule has 0 aromatic heterocycles. The molecule has 2 N–H and O–H groups in total. The number of aliphatic hydroxyl groups is 2. The van der Waals surface area contributed by atoms with Gasteiger partial charge in [-0.05, 0) is 45.7 Å². The summed E-state index contributed by atoms with van der Waals surface area (Å²) in [4.78, 5) is 14.8. The molecule has 2 heterocycles. The van der Waals surface area contributed by atoms with Crippen molar-refractivity contribution in [1.82, 2.24) is 4.90 Å². The molecular formula is C16H27NO5. The van der Waals surface area contributed by atoms with Gasteiger partial charge in [0, 0.05) is 19.7 Å². The zero-order chi connectivity index (χ0) is 16.5. The van der Waals surface area contributed by atoms with Gasteiger partial charge in [0.2, 0.25) is 5.60 Å². The standard InChI is InChI=1S/C16H27NO5/c1-11(21-4)16(20,15(2,3)19)14(18)22-10-12-7-9-17-8-5-6-13(12)17/h7,11,13,19-20H,5-6,8-10H2,1-4H3/t11-,13+,16+/m1/s1. The Morgan fingerprint density at radius 1 is 1.50 bits per heavy atom. The summed E-state index contributed by atoms with van der Waals surface area (Å²) in [5.41, 5.74) is -2.71. The minimum absolute atomic E-state index is 0.148. The highest BCUT2D eigenvalue weighted by molar-refractivity contribution is 5.82. The van der Waals surface area contributed by atoms with E-state index in [2.05, 4.69) is 11.0 Å². The average Bonchev–Trinajstić information content (AvgIpc) is 3.05. The molecular weight excluding hydrogens is 286 g/mol. The minimum atomic E-state index is -2.11. The van der Waals surface area contributed by atoms with Crippen LogP contribution in [0.2, 0.25) is 0 Å². The van der Waals surface area contributed by atoms with Crippen molar-refractivity contribution in [2.75, 3.05) is 26.8 Å². The second-order valence-corrected chi connectivity index (χ2v) is 6.71. The van der Waals surface area contributed by atoms with Gasteiger partial charge in [-0.15, -0.1) is 0 Å². The number of hydrogen-bond acceptors (Lipinski definition) is 6. The molecule has 2 aliphatic rings. The van der Waals surface area contributed by atoms with Crippen molar-refractivity contribution >= 4 is 5.97 Å². The molecule has 0 aliphatic carbocycles. The molecule has 0 saturated carbocycles. The molecule has 126 valence electrons. The smallest absolute Gasteiger partial charge is 0.344 e. The molecule has 0 radical (unpaired) electrons. The molecule has 0 aromatic rings. The topological polar surface area (TPSA) is 79.2 Å². The van der Waals surface area contributed by atoms with Crippen LogP contribution in [0.15, 0.2) is 11.6 Å². The maximum absolute atomic E-state index is 12.4. The van der Waals surface area contributed by atoms with Crippen LogP contribution in [0.5, 0.6) is 0 Å². The third kappa shape index (κ3) is 2.93. The zero-order valence-electron chi connectivity index (χ0n) is 13.8. The van der Waals surface area contributed by atoms with Gasteiger partial charge < -0.3 is 19.7 Å². The van der Waals surface area contributed by atoms with Crippen molar-refractivity contribution in [2.24, 2.45) is 0 Å². The molecule has 2 rings (SSSR count). The van der Waals surface area contributed by atoms with Crippen molar-refractivity contribution < 1.29 is 24.5 Å². The fourth-order valence-electron chi connectivity index (χ4n) is 3.33. The third-order valence-corrected chi connectivity index (χ3v) is 4.94. The Morgan fingerprint density at radius 3 is 2.77 bits per heavy atom. The van der Waals surface area contributed by atoms with Crippen molar-refractivity contribution in [1.29, 1.82) is 0 Å². The van der Waals surface area contributed by atoms with Crippen LogP contribution in [0.1, 0.15) is 33.6 Å². The van der Waals surface area contributed by atoms with Gasteiger partial charge in [-0.25, -0.2) is 4.79 Å². The Bertz CT molecular complexity index is 456. The lowest BCUT2D eigenvalue weighted by Crippen LogP contribution is -2.63. The number of esters is 1. The van der Waals surface area contributed by atoms with Crippen molar-refractivity contribution in [3.05, 3.63) is 11.6 Å². The number of nitrogens with zero attached hydrogens (tertiary/aromatic N) is 1. The van der Waals surface area contributed by atoms with Gasteiger partial charge in [-0.3, -0.25) is 4.90 Å². The Labute approximate surface area is 131 Å². The van der Waals surface area contributed by atoms with E-state index in [-0.39, 0.29) is 6.61 Å². The van der Waals surface area contributed by atoms with E-state index in [1.807, 2.05) is 0 Å². The van der Waals surface area contributed by atoms with E-state index in [1.54, 1.807) is 0 Å². The predicted molar refractivity (Wildman–Crippen MR) is 81.4 cm³/mol. The molecule has 0 aromatic carbocycles. The Balaban J connectivity index is 2.03. The number of carbonyl (C=O) groups is 1. The largest absolute Gasteiger partial charge is 0.459 e. The van der Waals surface area contributed by atoms with Gasteiger partial charge >= 0.3 is 5.97 Å². The molecule has 2 aliphatic heterocycles. The summed E-state index contributed by atoms with van der Waals surface area (Å²) in [5, 5.41) is 20.9. The summed E-state index contributed by atoms with van der Waals surface area (Å²) in [7, 11) is 1.38. The summed E-state index contributed by atoms with van der Waals surface area (Å²) >= 11 is 0. The first-order valence-corrected chi connectivity index (χ1v) is 7.79. The highest BCUT2D eigenvalue weighted by Crippen LogP contribution is 2.31. The number of carbonyl (C=O) groups excluding carboxylic acids is 1. The van der Waals surface area contributed by atoms with Gasteiger partial charge in [0.05, 0.1) is 6.10 Å². The van der Waals surface area contributed by atoms with E-state index >= 15 is 0 Å². The van der Waals surface area contributed by atoms with Gasteiger partial charge in [0.15, 0.2) is 0 Å². The molecule has 0 unspecified atom stereocenters. The average molecular weight is 313 g/mol. The number of fused-ring (bicyclic) bond motifs is 1. The Hall–Kier alpha value is -0.950. The summed E-state index contributed by atoms with van der Waals surface area (Å²) in [6.45, 7) is 6.39. The Kier molecular flexibility index (Phi) is 4.96. The van der Waals surface area contributed by atoms with Crippen LogP contribution in [0.4, 0.5) is 0 Å². The van der Waals surface area contributed by atoms with Crippen LogP contribution < -0.4 is 0 Å². The maximum Gasteiger partial charge on any atom is 0.344 e. The zero-order valence-corrected chi connectivity index (χ0v) is 13.8. The second kappa shape index (κ2) is 6.28. The quantitative estimate of drug-likeness (QED) is 0.548. The monoisotopic (exact) mass is 313 g/mol. The maximum atomic E-state index is 12.4. The van der Waals surface area contributed by atoms with Crippen LogP contribution in [0, 0.1) is 0 Å². The summed E-state index contributed by atoms with van der Waals surface area (Å²) in [6.07, 6.45) is 3.43. The van der Waals surface area contributed by atoms with E-state index in [1.165, 1.54) is 27.9 Å². The van der Waals surface area contributed by atoms with E-state index in [4.69, 9.17) is 9.47 Å². The van der Waals surface area contributed by atoms with Gasteiger partial charge in [0.25, 0.3) is 0 Å². The third-order valence-electron chi connectivity index (χ3n) is 4.94. The first kappa shape index (κ1) is 17.4. The highest BCUT2D eigenvalue weighted by atomic mass is 16.6. The fourth-order valence-corrected chi connectivity index (χ4v) is 3.33. The van der Waals surface area contributed by atoms with Crippen LogP contribution in [0.25, 0.3) is 0 Å². The van der Waals surface area contributed by atoms with Gasteiger partial charge in [0.1, 0.15) is 12.2 Å². The summed E-state index contributed by atoms with van der Waals surface area (Å²) in [5.74, 6) is -0.855. The summed E-state index contributed by atoms with van der Waals surface area (Å²) < 4.78 is 10.4. The van der Waals surface area contributed by atoms with Gasteiger partial charge in [-0.2, -0.15) is 0 Å². The van der Waals surface area contributed by atoms with Crippen LogP contribution in [-0.4, -0.2) is 71.2 Å². The normalized spacial score (nSPS) is 26.3. The number of rotatable bonds is 6. The SMILES string of the molecule is CO[C@H](C)[C@](O)(C(=O)OCC1=CCN2CCC[C@@H]12)C(C)(C)O. The van der Waals surface area contributed by atoms with Crippen LogP contribution in [0.3, 0.4) is 0 Å². The molecule has 22 heavy (non-hydrogen) atoms. The molecule has 0 bridgehead atoms. The van der Waals surface area contributed by atoms with Crippen molar-refractivity contribution in [3.8, 4) is 0 Å². The number of hydrogen-bond donors (Lipinski definition) is 2. The van der Waals surface area contributed by atoms with Crippen LogP contribution >= 0.6 is 0 Å². The first-order chi connectivity index (χ1) is 10.2. The van der Waals surface area contributed by atoms with E-state index in [0.29, 0.717) is 6.04 Å². The molecule has 6 heteroatoms. The molecule has 1 saturated heterocycles. The van der Waals surface area contributed by atoms with Crippen LogP contribution in [-0.2, 0) is 14.3 Å². The van der Waals surface area contributed by atoms with Gasteiger partial charge in [-0.1, -0.05) is 6.08 Å². The lowest BCUT2D eigenvalue weighted by Gasteiger charge is -2.39. The lowest BCUT2D eigenvalue weighted by atomic mass is 9.81. The highest BCUT2D eigenvalue weighted by Gasteiger charge is 2.55. The Morgan fingerprint density at radius 2 is 2.18 bits per heavy atom. The molecule has 3 atom stereocenters. The summed E-state index contributed by atoms with van der Waals surface area (Å²) in [6, 6.07) is 0.350. The minimum Gasteiger partial charge on any atom is -0.459 e. The number of methoxy groups -OCH3 is 1.